The summed E-state index contributed by atoms with van der Waals surface area (Å²) < 4.78 is 0. The molecule has 1 N–H and O–H groups in total. The van der Waals surface area contributed by atoms with Gasteiger partial charge >= 0.3 is 0 Å². The second-order valence-electron chi connectivity index (χ2n) is 5.61. The topological polar surface area (TPSA) is 49.4 Å². The van der Waals surface area contributed by atoms with Crippen LogP contribution in [-0.4, -0.2) is 18.4 Å². The maximum Gasteiger partial charge on any atom is 0.231 e. The van der Waals surface area contributed by atoms with Crippen LogP contribution in [0.2, 0.25) is 0 Å². The van der Waals surface area contributed by atoms with Gasteiger partial charge in [0.05, 0.1) is 12.1 Å². The first kappa shape index (κ1) is 12.2. The minimum absolute atomic E-state index is 0.0177. The average Bonchev–Trinajstić information content (AvgIpc) is 2.68. The van der Waals surface area contributed by atoms with Crippen LogP contribution in [0.25, 0.3) is 0 Å². The number of carbonyl (C=O) groups excluding carboxylic acids is 2. The van der Waals surface area contributed by atoms with Crippen molar-refractivity contribution in [2.45, 2.75) is 33.1 Å². The number of anilines is 2. The molecule has 2 aliphatic heterocycles. The summed E-state index contributed by atoms with van der Waals surface area (Å²) >= 11 is 0. The van der Waals surface area contributed by atoms with Crippen LogP contribution in [0.1, 0.15) is 31.4 Å². The number of aryl methyl sites for hydroxylation is 1. The van der Waals surface area contributed by atoms with Crippen molar-refractivity contribution < 1.29 is 9.59 Å². The first-order valence-electron chi connectivity index (χ1n) is 6.83. The molecule has 0 fully saturated rings. The van der Waals surface area contributed by atoms with Crippen LogP contribution in [0.4, 0.5) is 11.4 Å². The third-order valence-electron chi connectivity index (χ3n) is 3.80. The zero-order valence-corrected chi connectivity index (χ0v) is 11.3. The second kappa shape index (κ2) is 4.37. The van der Waals surface area contributed by atoms with E-state index >= 15 is 0 Å². The molecule has 2 amide bonds. The monoisotopic (exact) mass is 258 g/mol. The molecule has 0 radical (unpaired) electrons. The number of rotatable bonds is 2. The minimum Gasteiger partial charge on any atom is -0.326 e. The molecule has 1 aromatic rings. The highest BCUT2D eigenvalue weighted by atomic mass is 16.2. The number of hydrogen-bond acceptors (Lipinski definition) is 2. The van der Waals surface area contributed by atoms with Crippen molar-refractivity contribution in [2.75, 3.05) is 16.8 Å². The van der Waals surface area contributed by atoms with Gasteiger partial charge in [-0.2, -0.15) is 0 Å². The Hall–Kier alpha value is -1.84. The van der Waals surface area contributed by atoms with E-state index in [-0.39, 0.29) is 17.7 Å². The van der Waals surface area contributed by atoms with Crippen molar-refractivity contribution in [3.05, 3.63) is 23.3 Å². The van der Waals surface area contributed by atoms with Gasteiger partial charge in [0.1, 0.15) is 0 Å². The molecule has 1 aromatic carbocycles. The first-order valence-corrected chi connectivity index (χ1v) is 6.83. The molecular formula is C15H18N2O2. The van der Waals surface area contributed by atoms with Crippen LogP contribution in [-0.2, 0) is 22.4 Å². The second-order valence-corrected chi connectivity index (χ2v) is 5.61. The predicted octanol–water partition coefficient (Wildman–Crippen LogP) is 2.12. The lowest BCUT2D eigenvalue weighted by Crippen LogP contribution is -2.31. The predicted molar refractivity (Wildman–Crippen MR) is 74.3 cm³/mol. The molecular weight excluding hydrogens is 240 g/mol. The molecule has 0 saturated heterocycles. The number of carbonyl (C=O) groups is 2. The van der Waals surface area contributed by atoms with Crippen LogP contribution in [0.15, 0.2) is 12.1 Å². The van der Waals surface area contributed by atoms with Crippen molar-refractivity contribution in [1.82, 2.24) is 0 Å². The molecule has 0 unspecified atom stereocenters. The number of nitrogens with zero attached hydrogens (tertiary/aromatic N) is 1. The highest BCUT2D eigenvalue weighted by molar-refractivity contribution is 6.04. The van der Waals surface area contributed by atoms with Gasteiger partial charge < -0.3 is 10.2 Å². The Morgan fingerprint density at radius 3 is 2.79 bits per heavy atom. The van der Waals surface area contributed by atoms with E-state index in [9.17, 15) is 9.59 Å². The third-order valence-corrected chi connectivity index (χ3v) is 3.80. The lowest BCUT2D eigenvalue weighted by Gasteiger charge is -2.26. The van der Waals surface area contributed by atoms with E-state index in [2.05, 4.69) is 5.32 Å². The summed E-state index contributed by atoms with van der Waals surface area (Å²) in [6, 6.07) is 3.96. The number of amides is 2. The molecule has 4 heteroatoms. The van der Waals surface area contributed by atoms with Gasteiger partial charge in [0, 0.05) is 18.2 Å². The number of hydrogen-bond donors (Lipinski definition) is 1. The first-order chi connectivity index (χ1) is 9.06. The fourth-order valence-electron chi connectivity index (χ4n) is 2.84. The Balaban J connectivity index is 1.97. The normalized spacial score (nSPS) is 16.8. The van der Waals surface area contributed by atoms with E-state index in [1.807, 2.05) is 30.9 Å². The van der Waals surface area contributed by atoms with Gasteiger partial charge in [-0.25, -0.2) is 0 Å². The van der Waals surface area contributed by atoms with E-state index in [0.29, 0.717) is 6.42 Å². The summed E-state index contributed by atoms with van der Waals surface area (Å²) in [5.41, 5.74) is 4.16. The number of nitrogens with one attached hydrogen (secondary N) is 1. The van der Waals surface area contributed by atoms with Gasteiger partial charge in [0.25, 0.3) is 0 Å². The molecule has 3 rings (SSSR count). The summed E-state index contributed by atoms with van der Waals surface area (Å²) in [5, 5.41) is 2.93. The molecule has 19 heavy (non-hydrogen) atoms. The molecule has 0 bridgehead atoms. The van der Waals surface area contributed by atoms with Crippen molar-refractivity contribution in [3.63, 3.8) is 0 Å². The maximum absolute atomic E-state index is 11.9. The molecule has 0 aliphatic carbocycles. The van der Waals surface area contributed by atoms with E-state index in [1.54, 1.807) is 0 Å². The summed E-state index contributed by atoms with van der Waals surface area (Å²) in [6.07, 6.45) is 2.45. The van der Waals surface area contributed by atoms with Gasteiger partial charge in [-0.05, 0) is 36.1 Å². The van der Waals surface area contributed by atoms with Gasteiger partial charge in [-0.1, -0.05) is 13.8 Å². The minimum atomic E-state index is -0.0391. The largest absolute Gasteiger partial charge is 0.326 e. The smallest absolute Gasteiger partial charge is 0.231 e. The molecule has 0 atom stereocenters. The van der Waals surface area contributed by atoms with Crippen molar-refractivity contribution in [1.29, 1.82) is 0 Å². The third kappa shape index (κ3) is 2.01. The van der Waals surface area contributed by atoms with Gasteiger partial charge in [-0.15, -0.1) is 0 Å². The van der Waals surface area contributed by atoms with E-state index in [0.717, 1.165) is 36.3 Å². The summed E-state index contributed by atoms with van der Waals surface area (Å²) in [6.45, 7) is 4.58. The molecule has 100 valence electrons. The average molecular weight is 258 g/mol. The van der Waals surface area contributed by atoms with Crippen molar-refractivity contribution in [2.24, 2.45) is 5.92 Å². The molecule has 0 aromatic heterocycles. The van der Waals surface area contributed by atoms with Crippen LogP contribution in [0.5, 0.6) is 0 Å². The Kier molecular flexibility index (Phi) is 2.81. The molecule has 0 spiro atoms. The fourth-order valence-corrected chi connectivity index (χ4v) is 2.84. The summed E-state index contributed by atoms with van der Waals surface area (Å²) in [5.74, 6) is 0.162. The Morgan fingerprint density at radius 1 is 1.32 bits per heavy atom. The SMILES string of the molecule is CC(C)C(=O)Nc1cc2c3c(c1)CC(=O)N3CCC2. The van der Waals surface area contributed by atoms with Crippen molar-refractivity contribution in [3.8, 4) is 0 Å². The van der Waals surface area contributed by atoms with Crippen LogP contribution in [0, 0.1) is 5.92 Å². The highest BCUT2D eigenvalue weighted by Crippen LogP contribution is 2.38. The zero-order chi connectivity index (χ0) is 13.6. The lowest BCUT2D eigenvalue weighted by molar-refractivity contribution is -0.119. The van der Waals surface area contributed by atoms with Crippen molar-refractivity contribution >= 4 is 23.2 Å². The quantitative estimate of drug-likeness (QED) is 0.883. The van der Waals surface area contributed by atoms with E-state index in [1.165, 1.54) is 5.56 Å². The van der Waals surface area contributed by atoms with Gasteiger partial charge in [-0.3, -0.25) is 9.59 Å². The maximum atomic E-state index is 11.9. The van der Waals surface area contributed by atoms with E-state index in [4.69, 9.17) is 0 Å². The van der Waals surface area contributed by atoms with Crippen LogP contribution < -0.4 is 10.2 Å². The Morgan fingerprint density at radius 2 is 2.05 bits per heavy atom. The number of benzene rings is 1. The van der Waals surface area contributed by atoms with Gasteiger partial charge in [0.15, 0.2) is 0 Å². The molecule has 4 nitrogen and oxygen atoms in total. The van der Waals surface area contributed by atoms with E-state index < -0.39 is 0 Å². The van der Waals surface area contributed by atoms with Gasteiger partial charge in [0.2, 0.25) is 11.8 Å². The summed E-state index contributed by atoms with van der Waals surface area (Å²) in [7, 11) is 0. The standard InChI is InChI=1S/C15H18N2O2/c1-9(2)15(19)16-12-6-10-4-3-5-17-13(18)8-11(7-12)14(10)17/h6-7,9H,3-5,8H2,1-2H3,(H,16,19). The van der Waals surface area contributed by atoms with Crippen LogP contribution >= 0.6 is 0 Å². The molecule has 2 aliphatic rings. The zero-order valence-electron chi connectivity index (χ0n) is 11.3. The fraction of sp³-hybridized carbons (Fsp3) is 0.467. The highest BCUT2D eigenvalue weighted by Gasteiger charge is 2.32. The summed E-state index contributed by atoms with van der Waals surface area (Å²) in [4.78, 5) is 25.6. The Labute approximate surface area is 112 Å². The Bertz CT molecular complexity index is 564. The lowest BCUT2D eigenvalue weighted by atomic mass is 9.99. The molecule has 0 saturated carbocycles. The van der Waals surface area contributed by atoms with Crippen LogP contribution in [0.3, 0.4) is 0 Å². The molecule has 2 heterocycles.